The van der Waals surface area contributed by atoms with Crippen LogP contribution in [0.5, 0.6) is 5.75 Å². The highest BCUT2D eigenvalue weighted by atomic mass is 16.5. The lowest BCUT2D eigenvalue weighted by Gasteiger charge is -2.14. The van der Waals surface area contributed by atoms with Crippen LogP contribution >= 0.6 is 0 Å². The molecule has 2 heterocycles. The van der Waals surface area contributed by atoms with Gasteiger partial charge in [0, 0.05) is 18.7 Å². The Morgan fingerprint density at radius 1 is 1.41 bits per heavy atom. The first kappa shape index (κ1) is 14.8. The van der Waals surface area contributed by atoms with Crippen LogP contribution in [0, 0.1) is 0 Å². The molecule has 0 bridgehead atoms. The Kier molecular flexibility index (Phi) is 4.58. The van der Waals surface area contributed by atoms with Gasteiger partial charge >= 0.3 is 0 Å². The van der Waals surface area contributed by atoms with Crippen molar-refractivity contribution in [1.29, 1.82) is 0 Å². The molecule has 2 aromatic rings. The van der Waals surface area contributed by atoms with Crippen LogP contribution in [0.25, 0.3) is 0 Å². The number of nitrogens with zero attached hydrogens (tertiary/aromatic N) is 3. The normalized spacial score (nSPS) is 17.9. The lowest BCUT2D eigenvalue weighted by Crippen LogP contribution is -2.09. The Morgan fingerprint density at radius 2 is 2.27 bits per heavy atom. The first-order chi connectivity index (χ1) is 10.7. The van der Waals surface area contributed by atoms with Crippen LogP contribution in [0.15, 0.2) is 30.5 Å². The Morgan fingerprint density at radius 3 is 3.05 bits per heavy atom. The van der Waals surface area contributed by atoms with Crippen molar-refractivity contribution >= 4 is 5.82 Å². The summed E-state index contributed by atoms with van der Waals surface area (Å²) in [6.07, 6.45) is 3.09. The van der Waals surface area contributed by atoms with Crippen molar-refractivity contribution in [1.82, 2.24) is 15.0 Å². The van der Waals surface area contributed by atoms with Gasteiger partial charge in [0.05, 0.1) is 24.9 Å². The monoisotopic (exact) mass is 302 g/mol. The van der Waals surface area contributed by atoms with E-state index in [1.54, 1.807) is 0 Å². The molecule has 118 valence electrons. The van der Waals surface area contributed by atoms with Gasteiger partial charge < -0.3 is 14.8 Å². The highest BCUT2D eigenvalue weighted by molar-refractivity contribution is 5.38. The smallest absolute Gasteiger partial charge is 0.168 e. The topological polar surface area (TPSA) is 61.2 Å². The van der Waals surface area contributed by atoms with Gasteiger partial charge in [0.2, 0.25) is 0 Å². The van der Waals surface area contributed by atoms with Crippen LogP contribution in [0.1, 0.15) is 31.9 Å². The largest absolute Gasteiger partial charge is 0.491 e. The van der Waals surface area contributed by atoms with E-state index in [9.17, 15) is 0 Å². The summed E-state index contributed by atoms with van der Waals surface area (Å²) in [5, 5.41) is 11.6. The minimum atomic E-state index is 0.157. The number of benzene rings is 1. The fraction of sp³-hybridized carbons (Fsp3) is 0.500. The number of ether oxygens (including phenoxy) is 2. The predicted octanol–water partition coefficient (Wildman–Crippen LogP) is 2.64. The van der Waals surface area contributed by atoms with Gasteiger partial charge in [-0.15, -0.1) is 5.10 Å². The van der Waals surface area contributed by atoms with E-state index >= 15 is 0 Å². The van der Waals surface area contributed by atoms with E-state index in [4.69, 9.17) is 9.47 Å². The molecule has 0 amide bonds. The third-order valence-electron chi connectivity index (χ3n) is 3.59. The second-order valence-corrected chi connectivity index (χ2v) is 5.73. The van der Waals surface area contributed by atoms with Crippen LogP contribution in [0.2, 0.25) is 0 Å². The number of rotatable bonds is 6. The van der Waals surface area contributed by atoms with Crippen LogP contribution < -0.4 is 10.1 Å². The van der Waals surface area contributed by atoms with Crippen LogP contribution in [0.4, 0.5) is 5.82 Å². The summed E-state index contributed by atoms with van der Waals surface area (Å²) in [6, 6.07) is 8.35. The summed E-state index contributed by atoms with van der Waals surface area (Å²) in [5.74, 6) is 1.67. The van der Waals surface area contributed by atoms with Crippen LogP contribution in [0.3, 0.4) is 0 Å². The summed E-state index contributed by atoms with van der Waals surface area (Å²) in [4.78, 5) is 0. The molecule has 1 saturated heterocycles. The minimum Gasteiger partial charge on any atom is -0.491 e. The van der Waals surface area contributed by atoms with E-state index in [1.165, 1.54) is 0 Å². The van der Waals surface area contributed by atoms with Crippen molar-refractivity contribution in [2.45, 2.75) is 39.0 Å². The minimum absolute atomic E-state index is 0.157. The summed E-state index contributed by atoms with van der Waals surface area (Å²) >= 11 is 0. The van der Waals surface area contributed by atoms with Crippen molar-refractivity contribution in [2.75, 3.05) is 18.5 Å². The van der Waals surface area contributed by atoms with Gasteiger partial charge in [0.25, 0.3) is 0 Å². The number of aromatic nitrogens is 3. The average Bonchev–Trinajstić information content (AvgIpc) is 3.17. The second kappa shape index (κ2) is 6.79. The Labute approximate surface area is 130 Å². The molecule has 1 aromatic carbocycles. The van der Waals surface area contributed by atoms with Crippen molar-refractivity contribution in [2.24, 2.45) is 0 Å². The molecule has 1 fully saturated rings. The summed E-state index contributed by atoms with van der Waals surface area (Å²) < 4.78 is 13.1. The zero-order valence-electron chi connectivity index (χ0n) is 13.0. The molecular formula is C16H22N4O2. The molecule has 6 nitrogen and oxygen atoms in total. The maximum Gasteiger partial charge on any atom is 0.168 e. The van der Waals surface area contributed by atoms with Gasteiger partial charge in [-0.3, -0.25) is 0 Å². The van der Waals surface area contributed by atoms with E-state index in [0.29, 0.717) is 19.2 Å². The molecule has 3 rings (SSSR count). The lowest BCUT2D eigenvalue weighted by atomic mass is 10.2. The fourth-order valence-electron chi connectivity index (χ4n) is 2.47. The Balaban J connectivity index is 1.63. The number of anilines is 1. The number of hydrogen-bond donors (Lipinski definition) is 1. The highest BCUT2D eigenvalue weighted by Gasteiger charge is 2.18. The second-order valence-electron chi connectivity index (χ2n) is 5.73. The molecule has 22 heavy (non-hydrogen) atoms. The van der Waals surface area contributed by atoms with Crippen LogP contribution in [-0.2, 0) is 11.3 Å². The quantitative estimate of drug-likeness (QED) is 0.889. The van der Waals surface area contributed by atoms with Gasteiger partial charge in [-0.25, -0.2) is 4.68 Å². The molecule has 1 aromatic heterocycles. The Hall–Kier alpha value is -2.08. The van der Waals surface area contributed by atoms with E-state index in [1.807, 2.05) is 42.9 Å². The SMILES string of the molecule is CC(C)Oc1ccccc1CNc1cn(C2CCOC2)nn1. The van der Waals surface area contributed by atoms with E-state index in [-0.39, 0.29) is 6.10 Å². The van der Waals surface area contributed by atoms with Crippen molar-refractivity contribution in [3.63, 3.8) is 0 Å². The summed E-state index contributed by atoms with van der Waals surface area (Å²) in [7, 11) is 0. The van der Waals surface area contributed by atoms with Gasteiger partial charge in [0.1, 0.15) is 5.75 Å². The van der Waals surface area contributed by atoms with Crippen LogP contribution in [-0.4, -0.2) is 34.3 Å². The molecule has 1 N–H and O–H groups in total. The molecule has 0 aliphatic carbocycles. The van der Waals surface area contributed by atoms with Gasteiger partial charge in [-0.1, -0.05) is 23.4 Å². The standard InChI is InChI=1S/C16H22N4O2/c1-12(2)22-15-6-4-3-5-13(15)9-17-16-10-20(19-18-16)14-7-8-21-11-14/h3-6,10,12,14,17H,7-9,11H2,1-2H3. The average molecular weight is 302 g/mol. The summed E-state index contributed by atoms with van der Waals surface area (Å²) in [5.41, 5.74) is 1.11. The lowest BCUT2D eigenvalue weighted by molar-refractivity contribution is 0.184. The maximum atomic E-state index is 5.82. The Bertz CT molecular complexity index is 606. The first-order valence-electron chi connectivity index (χ1n) is 7.70. The van der Waals surface area contributed by atoms with E-state index in [0.717, 1.165) is 30.2 Å². The number of nitrogens with one attached hydrogen (secondary N) is 1. The van der Waals surface area contributed by atoms with Gasteiger partial charge in [-0.05, 0) is 26.3 Å². The predicted molar refractivity (Wildman–Crippen MR) is 84.0 cm³/mol. The summed E-state index contributed by atoms with van der Waals surface area (Å²) in [6.45, 7) is 6.22. The third kappa shape index (κ3) is 3.57. The van der Waals surface area contributed by atoms with E-state index < -0.39 is 0 Å². The van der Waals surface area contributed by atoms with E-state index in [2.05, 4.69) is 21.7 Å². The number of para-hydroxylation sites is 1. The molecular weight excluding hydrogens is 280 g/mol. The van der Waals surface area contributed by atoms with Crippen molar-refractivity contribution < 1.29 is 9.47 Å². The highest BCUT2D eigenvalue weighted by Crippen LogP contribution is 2.21. The molecule has 1 atom stereocenters. The molecule has 0 saturated carbocycles. The zero-order valence-corrected chi connectivity index (χ0v) is 13.0. The first-order valence-corrected chi connectivity index (χ1v) is 7.70. The molecule has 1 aliphatic rings. The maximum absolute atomic E-state index is 5.82. The fourth-order valence-corrected chi connectivity index (χ4v) is 2.47. The zero-order chi connectivity index (χ0) is 15.4. The van der Waals surface area contributed by atoms with Crippen molar-refractivity contribution in [3.05, 3.63) is 36.0 Å². The number of hydrogen-bond acceptors (Lipinski definition) is 5. The van der Waals surface area contributed by atoms with Gasteiger partial charge in [0.15, 0.2) is 5.82 Å². The molecule has 0 radical (unpaired) electrons. The molecule has 1 unspecified atom stereocenters. The molecule has 1 aliphatic heterocycles. The molecule has 6 heteroatoms. The van der Waals surface area contributed by atoms with Gasteiger partial charge in [-0.2, -0.15) is 0 Å². The molecule has 0 spiro atoms. The van der Waals surface area contributed by atoms with Crippen molar-refractivity contribution in [3.8, 4) is 5.75 Å². The third-order valence-corrected chi connectivity index (χ3v) is 3.59.